The van der Waals surface area contributed by atoms with Crippen LogP contribution >= 0.6 is 0 Å². The summed E-state index contributed by atoms with van der Waals surface area (Å²) >= 11 is 0. The Bertz CT molecular complexity index is 452. The van der Waals surface area contributed by atoms with Gasteiger partial charge in [-0.3, -0.25) is 4.79 Å². The number of carbonyl (C=O) groups excluding carboxylic acids is 2. The highest BCUT2D eigenvalue weighted by molar-refractivity contribution is 5.96. The number of carbonyl (C=O) groups is 2. The Hall–Kier alpha value is -1.88. The summed E-state index contributed by atoms with van der Waals surface area (Å²) in [7, 11) is 1.32. The summed E-state index contributed by atoms with van der Waals surface area (Å²) in [4.78, 5) is 23.2. The minimum atomic E-state index is -0.428. The Morgan fingerprint density at radius 2 is 2.28 bits per heavy atom. The average Bonchev–Trinajstić information content (AvgIpc) is 2.92. The van der Waals surface area contributed by atoms with Crippen LogP contribution in [0.15, 0.2) is 24.3 Å². The predicted octanol–water partition coefficient (Wildman–Crippen LogP) is 1.59. The maximum absolute atomic E-state index is 11.8. The minimum absolute atomic E-state index is 0.172. The first kappa shape index (κ1) is 12.6. The van der Waals surface area contributed by atoms with E-state index in [-0.39, 0.29) is 12.0 Å². The number of hydrogen-bond acceptors (Lipinski definition) is 4. The molecule has 0 aliphatic carbocycles. The Kier molecular flexibility index (Phi) is 3.94. The standard InChI is InChI=1S/C13H15NO4/c1-17-13(16)9-4-2-5-10(8-9)14-12(15)11-6-3-7-18-11/h2,4-5,8,11H,3,6-7H2,1H3,(H,14,15)/t11-/m1/s1. The fourth-order valence-corrected chi connectivity index (χ4v) is 1.85. The summed E-state index contributed by atoms with van der Waals surface area (Å²) in [5.41, 5.74) is 0.973. The Morgan fingerprint density at radius 3 is 2.94 bits per heavy atom. The van der Waals surface area contributed by atoms with Crippen LogP contribution in [0.25, 0.3) is 0 Å². The van der Waals surface area contributed by atoms with Gasteiger partial charge in [-0.15, -0.1) is 0 Å². The van der Waals surface area contributed by atoms with Crippen LogP contribution in [0.2, 0.25) is 0 Å². The molecule has 0 unspecified atom stereocenters. The van der Waals surface area contributed by atoms with Crippen LogP contribution in [0.5, 0.6) is 0 Å². The Morgan fingerprint density at radius 1 is 1.44 bits per heavy atom. The maximum atomic E-state index is 11.8. The molecule has 1 aromatic rings. The number of esters is 1. The molecule has 96 valence electrons. The van der Waals surface area contributed by atoms with Gasteiger partial charge in [0, 0.05) is 12.3 Å². The first-order chi connectivity index (χ1) is 8.70. The quantitative estimate of drug-likeness (QED) is 0.826. The molecular formula is C13H15NO4. The summed E-state index contributed by atoms with van der Waals surface area (Å²) in [6.07, 6.45) is 1.26. The highest BCUT2D eigenvalue weighted by Crippen LogP contribution is 2.16. The molecule has 0 radical (unpaired) electrons. The SMILES string of the molecule is COC(=O)c1cccc(NC(=O)[C@H]2CCCO2)c1. The van der Waals surface area contributed by atoms with Gasteiger partial charge in [0.1, 0.15) is 6.10 Å². The molecular weight excluding hydrogens is 234 g/mol. The number of benzene rings is 1. The van der Waals surface area contributed by atoms with Gasteiger partial charge in [-0.25, -0.2) is 4.79 Å². The van der Waals surface area contributed by atoms with Crippen LogP contribution in [-0.2, 0) is 14.3 Å². The van der Waals surface area contributed by atoms with Gasteiger partial charge in [-0.2, -0.15) is 0 Å². The smallest absolute Gasteiger partial charge is 0.337 e. The average molecular weight is 249 g/mol. The lowest BCUT2D eigenvalue weighted by molar-refractivity contribution is -0.124. The summed E-state index contributed by atoms with van der Waals surface area (Å²) in [5.74, 6) is -0.599. The lowest BCUT2D eigenvalue weighted by atomic mass is 10.2. The van der Waals surface area contributed by atoms with Crippen LogP contribution < -0.4 is 5.32 Å². The van der Waals surface area contributed by atoms with Crippen molar-refractivity contribution in [2.75, 3.05) is 19.0 Å². The minimum Gasteiger partial charge on any atom is -0.465 e. The van der Waals surface area contributed by atoms with Crippen LogP contribution in [0.3, 0.4) is 0 Å². The van der Waals surface area contributed by atoms with E-state index in [0.29, 0.717) is 17.9 Å². The van der Waals surface area contributed by atoms with Crippen molar-refractivity contribution in [3.8, 4) is 0 Å². The summed E-state index contributed by atoms with van der Waals surface area (Å²) in [5, 5.41) is 2.73. The van der Waals surface area contributed by atoms with E-state index < -0.39 is 5.97 Å². The predicted molar refractivity (Wildman–Crippen MR) is 65.4 cm³/mol. The molecule has 1 heterocycles. The topological polar surface area (TPSA) is 64.6 Å². The number of anilines is 1. The highest BCUT2D eigenvalue weighted by Gasteiger charge is 2.23. The summed E-state index contributed by atoms with van der Waals surface area (Å²) in [6.45, 7) is 0.625. The largest absolute Gasteiger partial charge is 0.465 e. The molecule has 1 N–H and O–H groups in total. The summed E-state index contributed by atoms with van der Waals surface area (Å²) in [6, 6.07) is 6.63. The first-order valence-electron chi connectivity index (χ1n) is 5.81. The van der Waals surface area contributed by atoms with Gasteiger partial charge < -0.3 is 14.8 Å². The zero-order valence-corrected chi connectivity index (χ0v) is 10.1. The molecule has 1 aliphatic heterocycles. The van der Waals surface area contributed by atoms with Crippen molar-refractivity contribution in [2.45, 2.75) is 18.9 Å². The van der Waals surface area contributed by atoms with Crippen molar-refractivity contribution in [2.24, 2.45) is 0 Å². The van der Waals surface area contributed by atoms with Crippen molar-refractivity contribution < 1.29 is 19.1 Å². The van der Waals surface area contributed by atoms with E-state index in [9.17, 15) is 9.59 Å². The van der Waals surface area contributed by atoms with E-state index in [0.717, 1.165) is 12.8 Å². The van der Waals surface area contributed by atoms with E-state index in [1.807, 2.05) is 0 Å². The Balaban J connectivity index is 2.04. The molecule has 0 spiro atoms. The lowest BCUT2D eigenvalue weighted by Gasteiger charge is -2.10. The zero-order chi connectivity index (χ0) is 13.0. The van der Waals surface area contributed by atoms with E-state index in [1.165, 1.54) is 7.11 Å². The van der Waals surface area contributed by atoms with Crippen LogP contribution in [-0.4, -0.2) is 31.7 Å². The molecule has 5 nitrogen and oxygen atoms in total. The fraction of sp³-hybridized carbons (Fsp3) is 0.385. The van der Waals surface area contributed by atoms with Gasteiger partial charge in [-0.1, -0.05) is 6.07 Å². The normalized spacial score (nSPS) is 18.4. The fourth-order valence-electron chi connectivity index (χ4n) is 1.85. The van der Waals surface area contributed by atoms with E-state index in [2.05, 4.69) is 10.1 Å². The van der Waals surface area contributed by atoms with Gasteiger partial charge in [0.25, 0.3) is 5.91 Å². The molecule has 1 atom stereocenters. The number of hydrogen-bond donors (Lipinski definition) is 1. The molecule has 18 heavy (non-hydrogen) atoms. The van der Waals surface area contributed by atoms with Gasteiger partial charge in [0.2, 0.25) is 0 Å². The molecule has 1 fully saturated rings. The third-order valence-electron chi connectivity index (χ3n) is 2.77. The Labute approximate surface area is 105 Å². The number of rotatable bonds is 3. The summed E-state index contributed by atoms with van der Waals surface area (Å²) < 4.78 is 9.90. The number of nitrogens with one attached hydrogen (secondary N) is 1. The number of amides is 1. The molecule has 0 bridgehead atoms. The zero-order valence-electron chi connectivity index (χ0n) is 10.1. The van der Waals surface area contributed by atoms with Gasteiger partial charge in [0.15, 0.2) is 0 Å². The molecule has 1 aliphatic rings. The van der Waals surface area contributed by atoms with E-state index in [1.54, 1.807) is 24.3 Å². The van der Waals surface area contributed by atoms with Crippen LogP contribution in [0, 0.1) is 0 Å². The van der Waals surface area contributed by atoms with Crippen molar-refractivity contribution >= 4 is 17.6 Å². The van der Waals surface area contributed by atoms with Gasteiger partial charge >= 0.3 is 5.97 Å². The molecule has 0 saturated carbocycles. The highest BCUT2D eigenvalue weighted by atomic mass is 16.5. The molecule has 0 aromatic heterocycles. The molecule has 1 aromatic carbocycles. The van der Waals surface area contributed by atoms with Gasteiger partial charge in [0.05, 0.1) is 12.7 Å². The van der Waals surface area contributed by atoms with Crippen LogP contribution in [0.1, 0.15) is 23.2 Å². The van der Waals surface area contributed by atoms with Crippen molar-refractivity contribution in [1.29, 1.82) is 0 Å². The monoisotopic (exact) mass is 249 g/mol. The van der Waals surface area contributed by atoms with E-state index in [4.69, 9.17) is 4.74 Å². The van der Waals surface area contributed by atoms with Crippen LogP contribution in [0.4, 0.5) is 5.69 Å². The molecule has 2 rings (SSSR count). The molecule has 5 heteroatoms. The maximum Gasteiger partial charge on any atom is 0.337 e. The van der Waals surface area contributed by atoms with Crippen molar-refractivity contribution in [3.63, 3.8) is 0 Å². The van der Waals surface area contributed by atoms with Crippen molar-refractivity contribution in [1.82, 2.24) is 0 Å². The number of methoxy groups -OCH3 is 1. The third-order valence-corrected chi connectivity index (χ3v) is 2.77. The molecule has 1 amide bonds. The second kappa shape index (κ2) is 5.64. The number of ether oxygens (including phenoxy) is 2. The van der Waals surface area contributed by atoms with Crippen molar-refractivity contribution in [3.05, 3.63) is 29.8 Å². The molecule has 1 saturated heterocycles. The first-order valence-corrected chi connectivity index (χ1v) is 5.81. The van der Waals surface area contributed by atoms with Gasteiger partial charge in [-0.05, 0) is 31.0 Å². The third kappa shape index (κ3) is 2.87. The second-order valence-corrected chi connectivity index (χ2v) is 4.06. The van der Waals surface area contributed by atoms with E-state index >= 15 is 0 Å². The lowest BCUT2D eigenvalue weighted by Crippen LogP contribution is -2.26. The second-order valence-electron chi connectivity index (χ2n) is 4.06.